The molecule has 96 valence electrons. The maximum atomic E-state index is 7.00. The summed E-state index contributed by atoms with van der Waals surface area (Å²) in [6, 6.07) is 7.64. The number of aromatic amines is 1. The van der Waals surface area contributed by atoms with Crippen molar-refractivity contribution in [2.75, 3.05) is 0 Å². The van der Waals surface area contributed by atoms with Crippen molar-refractivity contribution >= 4 is 0 Å². The number of H-pyrrole nitrogens is 1. The Morgan fingerprint density at radius 1 is 0.941 bits per heavy atom. The van der Waals surface area contributed by atoms with Crippen LogP contribution in [0.5, 0.6) is 0 Å². The zero-order valence-electron chi connectivity index (χ0n) is 8.31. The van der Waals surface area contributed by atoms with Gasteiger partial charge in [0.2, 0.25) is 0 Å². The van der Waals surface area contributed by atoms with Gasteiger partial charge in [0.05, 0.1) is 5.69 Å². The molecule has 0 spiro atoms. The zero-order chi connectivity index (χ0) is 11.5. The van der Waals surface area contributed by atoms with Crippen LogP contribution in [0.25, 0.3) is 11.4 Å². The Hall–Kier alpha value is -1.15. The van der Waals surface area contributed by atoms with E-state index in [-0.39, 0.29) is 26.5 Å². The van der Waals surface area contributed by atoms with E-state index in [9.17, 15) is 0 Å². The predicted octanol–water partition coefficient (Wildman–Crippen LogP) is -3.41. The molecule has 8 nitrogen and oxygen atoms in total. The molecule has 0 fully saturated rings. The minimum Gasteiger partial charge on any atom is -2.00 e. The van der Waals surface area contributed by atoms with E-state index in [0.29, 0.717) is 0 Å². The van der Waals surface area contributed by atoms with Crippen molar-refractivity contribution in [3.63, 3.8) is 0 Å². The third kappa shape index (κ3) is 7.69. The molecule has 0 bridgehead atoms. The average Bonchev–Trinajstić information content (AvgIpc) is 2.89. The first-order chi connectivity index (χ1) is 7.47. The third-order valence-electron chi connectivity index (χ3n) is 1.43. The molecule has 9 heteroatoms. The summed E-state index contributed by atoms with van der Waals surface area (Å²) in [5, 5.41) is 34.7. The van der Waals surface area contributed by atoms with Crippen LogP contribution in [0.1, 0.15) is 0 Å². The molecule has 1 N–H and O–H groups in total. The van der Waals surface area contributed by atoms with Crippen molar-refractivity contribution < 1.29 is 47.6 Å². The van der Waals surface area contributed by atoms with Gasteiger partial charge in [0.25, 0.3) is 0 Å². The molecule has 0 saturated heterocycles. The Labute approximate surface area is 111 Å². The average molecular weight is 321 g/mol. The molecule has 0 unspecified atom stereocenters. The second-order valence-corrected chi connectivity index (χ2v) is 2.17. The Morgan fingerprint density at radius 2 is 1.59 bits per heavy atom. The number of nitrogens with zero attached hydrogens (tertiary/aromatic N) is 2. The quantitative estimate of drug-likeness (QED) is 0.327. The van der Waals surface area contributed by atoms with Crippen molar-refractivity contribution in [1.82, 2.24) is 15.2 Å². The molecule has 2 rings (SSSR count). The summed E-state index contributed by atoms with van der Waals surface area (Å²) in [6.07, 6.45) is 3.54. The van der Waals surface area contributed by atoms with Crippen LogP contribution in [0.2, 0.25) is 0 Å². The van der Waals surface area contributed by atoms with Gasteiger partial charge in [-0.1, -0.05) is 6.07 Å². The fourth-order valence-corrected chi connectivity index (χ4v) is 0.917. The van der Waals surface area contributed by atoms with Crippen molar-refractivity contribution in [2.45, 2.75) is 0 Å². The normalized spacial score (nSPS) is 7.06. The minimum atomic E-state index is 0. The predicted molar refractivity (Wildman–Crippen MR) is 42.5 cm³/mol. The monoisotopic (exact) mass is 323 g/mol. The van der Waals surface area contributed by atoms with Crippen LogP contribution in [0.15, 0.2) is 36.7 Å². The first kappa shape index (κ1) is 21.2. The fourth-order valence-electron chi connectivity index (χ4n) is 0.917. The van der Waals surface area contributed by atoms with E-state index in [0.717, 1.165) is 11.4 Å². The first-order valence-corrected chi connectivity index (χ1v) is 3.71. The van der Waals surface area contributed by atoms with Gasteiger partial charge in [0.15, 0.2) is 0 Å². The Bertz CT molecular complexity index is 332. The summed E-state index contributed by atoms with van der Waals surface area (Å²) in [5.41, 5.74) is 1.78. The fraction of sp³-hybridized carbons (Fsp3) is 0. The van der Waals surface area contributed by atoms with Crippen molar-refractivity contribution in [2.24, 2.45) is 0 Å². The molecular weight excluding hydrogens is 314 g/mol. The number of hydrogen-bond acceptors (Lipinski definition) is 6. The van der Waals surface area contributed by atoms with Crippen molar-refractivity contribution in [3.8, 4) is 11.4 Å². The van der Waals surface area contributed by atoms with Crippen LogP contribution in [0.4, 0.5) is 0 Å². The van der Waals surface area contributed by atoms with Crippen LogP contribution >= 0.6 is 0 Å². The summed E-state index contributed by atoms with van der Waals surface area (Å²) in [6.45, 7) is 0. The summed E-state index contributed by atoms with van der Waals surface area (Å²) in [4.78, 5) is 4.14. The van der Waals surface area contributed by atoms with E-state index in [1.165, 1.54) is 0 Å². The molecule has 0 atom stereocenters. The van der Waals surface area contributed by atoms with Crippen LogP contribution in [0, 0.1) is 0 Å². The minimum absolute atomic E-state index is 0. The Balaban J connectivity index is -0.000000299. The molecule has 0 aliphatic heterocycles. The van der Waals surface area contributed by atoms with Gasteiger partial charge < -0.3 is 26.5 Å². The van der Waals surface area contributed by atoms with Gasteiger partial charge in [-0.15, -0.1) is 0 Å². The summed E-state index contributed by atoms with van der Waals surface area (Å²) in [7, 11) is 0. The number of hydrogen-bond donors (Lipinski definition) is 1. The molecule has 2 heterocycles. The van der Waals surface area contributed by atoms with Crippen LogP contribution < -0.4 is 21.0 Å². The van der Waals surface area contributed by atoms with Gasteiger partial charge in [-0.05, 0) is 18.2 Å². The Morgan fingerprint density at radius 3 is 2.00 bits per heavy atom. The number of pyridine rings is 1. The summed E-state index contributed by atoms with van der Waals surface area (Å²) in [5.74, 6) is 0. The van der Waals surface area contributed by atoms with Crippen molar-refractivity contribution in [1.29, 1.82) is 0 Å². The molecule has 0 aromatic carbocycles. The molecule has 0 aliphatic rings. The summed E-state index contributed by atoms with van der Waals surface area (Å²) >= 11 is 0. The topological polar surface area (TPSA) is 162 Å². The Kier molecular flexibility index (Phi) is 18.5. The van der Waals surface area contributed by atoms with E-state index in [4.69, 9.17) is 21.0 Å². The smallest absolute Gasteiger partial charge is 0.110 e. The zero-order valence-corrected chi connectivity index (χ0v) is 10.3. The number of rotatable bonds is 1. The molecule has 0 aliphatic carbocycles. The first-order valence-electron chi connectivity index (χ1n) is 3.71. The largest absolute Gasteiger partial charge is 2.00 e. The SMILES string of the molecule is [Mo].[O-2].[O-][O-].[O-][O-].c1ccc(-c2cc[nH]n2)nc1. The second-order valence-electron chi connectivity index (χ2n) is 2.17. The second kappa shape index (κ2) is 14.8. The van der Waals surface area contributed by atoms with Crippen LogP contribution in [-0.2, 0) is 26.5 Å². The van der Waals surface area contributed by atoms with Crippen LogP contribution in [0.3, 0.4) is 0 Å². The van der Waals surface area contributed by atoms with Gasteiger partial charge in [0.1, 0.15) is 5.69 Å². The molecular formula is C8H7MoN3O5-6. The molecule has 0 saturated carbocycles. The molecule has 2 aromatic rings. The number of aromatic nitrogens is 3. The van der Waals surface area contributed by atoms with Gasteiger partial charge in [-0.3, -0.25) is 10.1 Å². The van der Waals surface area contributed by atoms with E-state index in [2.05, 4.69) is 15.2 Å². The molecule has 2 aromatic heterocycles. The van der Waals surface area contributed by atoms with Gasteiger partial charge in [0, 0.05) is 33.5 Å². The molecule has 17 heavy (non-hydrogen) atoms. The van der Waals surface area contributed by atoms with E-state index in [1.807, 2.05) is 24.3 Å². The van der Waals surface area contributed by atoms with Gasteiger partial charge >= 0.3 is 0 Å². The number of nitrogens with one attached hydrogen (secondary N) is 1. The maximum Gasteiger partial charge on any atom is 0.110 e. The maximum absolute atomic E-state index is 7.00. The van der Waals surface area contributed by atoms with E-state index >= 15 is 0 Å². The summed E-state index contributed by atoms with van der Waals surface area (Å²) < 4.78 is 0. The van der Waals surface area contributed by atoms with E-state index < -0.39 is 0 Å². The van der Waals surface area contributed by atoms with Gasteiger partial charge in [-0.25, -0.2) is 0 Å². The van der Waals surface area contributed by atoms with Crippen molar-refractivity contribution in [3.05, 3.63) is 36.7 Å². The molecule has 0 amide bonds. The standard InChI is InChI=1S/C8H7N3.Mo.2O2.O/c1-2-5-9-7(3-1)8-4-6-10-11-8;;2*1-2;/h1-6H,(H,10,11);;;;/q;;3*-2. The van der Waals surface area contributed by atoms with Gasteiger partial charge in [-0.2, -0.15) is 5.10 Å². The van der Waals surface area contributed by atoms with Crippen LogP contribution in [-0.4, -0.2) is 15.2 Å². The molecule has 0 radical (unpaired) electrons. The van der Waals surface area contributed by atoms with E-state index in [1.54, 1.807) is 12.4 Å². The third-order valence-corrected chi connectivity index (χ3v) is 1.43.